The molecule has 0 unspecified atom stereocenters. The highest BCUT2D eigenvalue weighted by molar-refractivity contribution is 5.95. The number of fused-ring (bicyclic) bond motifs is 1. The van der Waals surface area contributed by atoms with Crippen molar-refractivity contribution in [3.05, 3.63) is 53.8 Å². The highest BCUT2D eigenvalue weighted by Crippen LogP contribution is 2.29. The number of aryl methyl sites for hydroxylation is 1. The Morgan fingerprint density at radius 1 is 1.20 bits per heavy atom. The van der Waals surface area contributed by atoms with Crippen LogP contribution in [0.2, 0.25) is 0 Å². The van der Waals surface area contributed by atoms with Gasteiger partial charge in [-0.2, -0.15) is 4.98 Å². The van der Waals surface area contributed by atoms with Crippen LogP contribution in [0.4, 0.5) is 0 Å². The SMILES string of the molecule is Cc1noc([C@@H]2[C@@H](C)OCCN2C(=O)c2ccc3ccccc3n2)n1. The van der Waals surface area contributed by atoms with Gasteiger partial charge in [0.1, 0.15) is 11.7 Å². The summed E-state index contributed by atoms with van der Waals surface area (Å²) in [4.78, 5) is 23.6. The average molecular weight is 338 g/mol. The van der Waals surface area contributed by atoms with Crippen LogP contribution in [0.3, 0.4) is 0 Å². The fourth-order valence-corrected chi connectivity index (χ4v) is 3.15. The topological polar surface area (TPSA) is 81.4 Å². The number of ether oxygens (including phenoxy) is 1. The van der Waals surface area contributed by atoms with Crippen molar-refractivity contribution >= 4 is 16.8 Å². The summed E-state index contributed by atoms with van der Waals surface area (Å²) >= 11 is 0. The van der Waals surface area contributed by atoms with Gasteiger partial charge in [0.05, 0.1) is 18.2 Å². The summed E-state index contributed by atoms with van der Waals surface area (Å²) in [5, 5.41) is 4.84. The molecule has 7 nitrogen and oxygen atoms in total. The van der Waals surface area contributed by atoms with Crippen molar-refractivity contribution in [2.24, 2.45) is 0 Å². The number of pyridine rings is 1. The van der Waals surface area contributed by atoms with Crippen molar-refractivity contribution in [2.45, 2.75) is 26.0 Å². The molecule has 2 atom stereocenters. The molecule has 3 aromatic rings. The van der Waals surface area contributed by atoms with E-state index in [0.717, 1.165) is 10.9 Å². The van der Waals surface area contributed by atoms with Gasteiger partial charge < -0.3 is 14.2 Å². The molecule has 0 saturated carbocycles. The molecule has 2 aromatic heterocycles. The van der Waals surface area contributed by atoms with E-state index >= 15 is 0 Å². The number of nitrogens with zero attached hydrogens (tertiary/aromatic N) is 4. The normalized spacial score (nSPS) is 20.8. The second kappa shape index (κ2) is 6.25. The number of amides is 1. The predicted molar refractivity (Wildman–Crippen MR) is 90.0 cm³/mol. The highest BCUT2D eigenvalue weighted by atomic mass is 16.5. The van der Waals surface area contributed by atoms with E-state index in [2.05, 4.69) is 15.1 Å². The number of para-hydroxylation sites is 1. The van der Waals surface area contributed by atoms with Gasteiger partial charge in [-0.15, -0.1) is 0 Å². The van der Waals surface area contributed by atoms with E-state index in [9.17, 15) is 4.79 Å². The van der Waals surface area contributed by atoms with Crippen molar-refractivity contribution in [3.8, 4) is 0 Å². The molecular formula is C18H18N4O3. The fourth-order valence-electron chi connectivity index (χ4n) is 3.15. The van der Waals surface area contributed by atoms with Crippen LogP contribution in [0.15, 0.2) is 40.9 Å². The molecular weight excluding hydrogens is 320 g/mol. The molecule has 7 heteroatoms. The summed E-state index contributed by atoms with van der Waals surface area (Å²) in [5.41, 5.74) is 1.19. The Morgan fingerprint density at radius 3 is 2.84 bits per heavy atom. The maximum Gasteiger partial charge on any atom is 0.273 e. The third-order valence-electron chi connectivity index (χ3n) is 4.37. The number of rotatable bonds is 2. The van der Waals surface area contributed by atoms with E-state index in [1.54, 1.807) is 17.9 Å². The molecule has 3 heterocycles. The highest BCUT2D eigenvalue weighted by Gasteiger charge is 2.38. The van der Waals surface area contributed by atoms with E-state index in [4.69, 9.17) is 9.26 Å². The first-order chi connectivity index (χ1) is 12.1. The molecule has 1 fully saturated rings. The van der Waals surface area contributed by atoms with Crippen LogP contribution in [0, 0.1) is 6.92 Å². The van der Waals surface area contributed by atoms with Crippen molar-refractivity contribution in [1.82, 2.24) is 20.0 Å². The third-order valence-corrected chi connectivity index (χ3v) is 4.37. The van der Waals surface area contributed by atoms with Gasteiger partial charge in [0.25, 0.3) is 11.8 Å². The minimum absolute atomic E-state index is 0.165. The standard InChI is InChI=1S/C18H18N4O3/c1-11-16(17-19-12(2)21-25-17)22(9-10-24-11)18(23)15-8-7-13-5-3-4-6-14(13)20-15/h3-8,11,16H,9-10H2,1-2H3/t11-,16+/m1/s1. The first kappa shape index (κ1) is 15.7. The van der Waals surface area contributed by atoms with Gasteiger partial charge >= 0.3 is 0 Å². The molecule has 1 saturated heterocycles. The molecule has 0 N–H and O–H groups in total. The average Bonchev–Trinajstić information content (AvgIpc) is 3.06. The second-order valence-corrected chi connectivity index (χ2v) is 6.09. The third kappa shape index (κ3) is 2.87. The smallest absolute Gasteiger partial charge is 0.273 e. The maximum atomic E-state index is 13.1. The summed E-state index contributed by atoms with van der Waals surface area (Å²) in [6, 6.07) is 11.0. The van der Waals surface area contributed by atoms with Crippen molar-refractivity contribution in [1.29, 1.82) is 0 Å². The Kier molecular flexibility index (Phi) is 3.93. The van der Waals surface area contributed by atoms with Crippen LogP contribution < -0.4 is 0 Å². The van der Waals surface area contributed by atoms with Gasteiger partial charge in [-0.3, -0.25) is 4.79 Å². The zero-order chi connectivity index (χ0) is 17.4. The summed E-state index contributed by atoms with van der Waals surface area (Å²) in [5.74, 6) is 0.754. The largest absolute Gasteiger partial charge is 0.374 e. The number of benzene rings is 1. The van der Waals surface area contributed by atoms with Gasteiger partial charge in [-0.25, -0.2) is 4.98 Å². The summed E-state index contributed by atoms with van der Waals surface area (Å²) in [6.07, 6.45) is -0.238. The first-order valence-corrected chi connectivity index (χ1v) is 8.22. The first-order valence-electron chi connectivity index (χ1n) is 8.22. The lowest BCUT2D eigenvalue weighted by Crippen LogP contribution is -2.47. The van der Waals surface area contributed by atoms with Crippen molar-refractivity contribution < 1.29 is 14.1 Å². The molecule has 1 aromatic carbocycles. The van der Waals surface area contributed by atoms with Gasteiger partial charge in [-0.05, 0) is 26.0 Å². The summed E-state index contributed by atoms with van der Waals surface area (Å²) < 4.78 is 11.0. The molecule has 25 heavy (non-hydrogen) atoms. The maximum absolute atomic E-state index is 13.1. The van der Waals surface area contributed by atoms with Crippen LogP contribution in [-0.4, -0.2) is 45.2 Å². The quantitative estimate of drug-likeness (QED) is 0.714. The Balaban J connectivity index is 1.70. The summed E-state index contributed by atoms with van der Waals surface area (Å²) in [7, 11) is 0. The van der Waals surface area contributed by atoms with Crippen LogP contribution >= 0.6 is 0 Å². The van der Waals surface area contributed by atoms with Crippen LogP contribution in [-0.2, 0) is 4.74 Å². The Bertz CT molecular complexity index is 923. The molecule has 1 amide bonds. The summed E-state index contributed by atoms with van der Waals surface area (Å²) in [6.45, 7) is 4.56. The van der Waals surface area contributed by atoms with Crippen molar-refractivity contribution in [3.63, 3.8) is 0 Å². The van der Waals surface area contributed by atoms with Gasteiger partial charge in [0.2, 0.25) is 0 Å². The molecule has 1 aliphatic heterocycles. The van der Waals surface area contributed by atoms with E-state index in [1.807, 2.05) is 37.3 Å². The number of carbonyl (C=O) groups is 1. The molecule has 0 radical (unpaired) electrons. The number of aromatic nitrogens is 3. The van der Waals surface area contributed by atoms with Gasteiger partial charge in [0.15, 0.2) is 5.82 Å². The molecule has 128 valence electrons. The zero-order valence-electron chi connectivity index (χ0n) is 14.0. The number of morpholine rings is 1. The van der Waals surface area contributed by atoms with E-state index in [0.29, 0.717) is 30.6 Å². The Hall–Kier alpha value is -2.80. The minimum atomic E-state index is -0.421. The van der Waals surface area contributed by atoms with E-state index in [1.165, 1.54) is 0 Å². The minimum Gasteiger partial charge on any atom is -0.374 e. The predicted octanol–water partition coefficient (Wildman–Crippen LogP) is 2.53. The molecule has 1 aliphatic rings. The van der Waals surface area contributed by atoms with Gasteiger partial charge in [-0.1, -0.05) is 29.4 Å². The lowest BCUT2D eigenvalue weighted by molar-refractivity contribution is -0.0602. The molecule has 0 aliphatic carbocycles. The Labute approximate surface area is 144 Å². The Morgan fingerprint density at radius 2 is 2.04 bits per heavy atom. The number of carbonyl (C=O) groups excluding carboxylic acids is 1. The molecule has 4 rings (SSSR count). The fraction of sp³-hybridized carbons (Fsp3) is 0.333. The lowest BCUT2D eigenvalue weighted by atomic mass is 10.1. The van der Waals surface area contributed by atoms with Crippen LogP contribution in [0.1, 0.15) is 35.2 Å². The van der Waals surface area contributed by atoms with E-state index < -0.39 is 6.04 Å². The second-order valence-electron chi connectivity index (χ2n) is 6.09. The van der Waals surface area contributed by atoms with E-state index in [-0.39, 0.29) is 12.0 Å². The number of hydrogen-bond donors (Lipinski definition) is 0. The zero-order valence-corrected chi connectivity index (χ0v) is 14.0. The van der Waals surface area contributed by atoms with Crippen molar-refractivity contribution in [2.75, 3.05) is 13.2 Å². The molecule has 0 spiro atoms. The monoisotopic (exact) mass is 338 g/mol. The lowest BCUT2D eigenvalue weighted by Gasteiger charge is -2.37. The van der Waals surface area contributed by atoms with Crippen LogP contribution in [0.25, 0.3) is 10.9 Å². The number of hydrogen-bond acceptors (Lipinski definition) is 6. The van der Waals surface area contributed by atoms with Gasteiger partial charge in [0, 0.05) is 11.9 Å². The van der Waals surface area contributed by atoms with Crippen LogP contribution in [0.5, 0.6) is 0 Å². The molecule has 0 bridgehead atoms.